The molecular formula is C23H25N3O5S2. The summed E-state index contributed by atoms with van der Waals surface area (Å²) < 4.78 is 38.7. The molecule has 0 aliphatic carbocycles. The van der Waals surface area contributed by atoms with Gasteiger partial charge in [-0.3, -0.25) is 9.78 Å². The second-order valence-corrected chi connectivity index (χ2v) is 11.0. The van der Waals surface area contributed by atoms with Crippen LogP contribution in [0, 0.1) is 6.92 Å². The molecule has 1 saturated heterocycles. The van der Waals surface area contributed by atoms with Gasteiger partial charge >= 0.3 is 0 Å². The molecule has 0 spiro atoms. The molecule has 1 aliphatic rings. The average Bonchev–Trinajstić information content (AvgIpc) is 3.30. The van der Waals surface area contributed by atoms with Crippen molar-refractivity contribution in [2.24, 2.45) is 0 Å². The first-order valence-corrected chi connectivity index (χ1v) is 12.7. The molecule has 0 radical (unpaired) electrons. The monoisotopic (exact) mass is 487 g/mol. The van der Waals surface area contributed by atoms with E-state index < -0.39 is 10.0 Å². The number of amides is 1. The Kier molecular flexibility index (Phi) is 6.96. The number of hydrogen-bond acceptors (Lipinski definition) is 7. The lowest BCUT2D eigenvalue weighted by atomic mass is 10.1. The fourth-order valence-electron chi connectivity index (χ4n) is 3.55. The lowest BCUT2D eigenvalue weighted by Gasteiger charge is -2.33. The topological polar surface area (TPSA) is 89.0 Å². The SMILES string of the molecule is COc1cc(C(=O)N2CCN(S(=O)(=O)c3ccc(C)s3)CC2)ccc1OCc1ccncc1. The number of aromatic nitrogens is 1. The van der Waals surface area contributed by atoms with E-state index in [1.807, 2.05) is 19.1 Å². The minimum absolute atomic E-state index is 0.169. The molecule has 8 nitrogen and oxygen atoms in total. The molecule has 0 atom stereocenters. The van der Waals surface area contributed by atoms with Gasteiger partial charge in [0.1, 0.15) is 10.8 Å². The van der Waals surface area contributed by atoms with Crippen molar-refractivity contribution in [2.75, 3.05) is 33.3 Å². The second-order valence-electron chi connectivity index (χ2n) is 7.57. The molecule has 1 aromatic carbocycles. The third-order valence-electron chi connectivity index (χ3n) is 5.39. The van der Waals surface area contributed by atoms with E-state index in [1.165, 1.54) is 22.8 Å². The molecule has 0 N–H and O–H groups in total. The van der Waals surface area contributed by atoms with Gasteiger partial charge in [0, 0.05) is 49.0 Å². The van der Waals surface area contributed by atoms with Crippen LogP contribution in [-0.2, 0) is 16.6 Å². The third-order valence-corrected chi connectivity index (χ3v) is 8.76. The van der Waals surface area contributed by atoms with Gasteiger partial charge in [-0.2, -0.15) is 4.31 Å². The highest BCUT2D eigenvalue weighted by molar-refractivity contribution is 7.91. The van der Waals surface area contributed by atoms with Gasteiger partial charge in [0.05, 0.1) is 7.11 Å². The molecule has 10 heteroatoms. The van der Waals surface area contributed by atoms with E-state index in [9.17, 15) is 13.2 Å². The maximum Gasteiger partial charge on any atom is 0.254 e. The summed E-state index contributed by atoms with van der Waals surface area (Å²) in [6, 6.07) is 12.2. The first-order chi connectivity index (χ1) is 15.9. The van der Waals surface area contributed by atoms with Gasteiger partial charge in [0.15, 0.2) is 11.5 Å². The molecule has 1 amide bonds. The molecule has 33 heavy (non-hydrogen) atoms. The Morgan fingerprint density at radius 2 is 1.76 bits per heavy atom. The highest BCUT2D eigenvalue weighted by atomic mass is 32.2. The number of rotatable bonds is 7. The number of thiophene rings is 1. The number of aryl methyl sites for hydroxylation is 1. The summed E-state index contributed by atoms with van der Waals surface area (Å²) in [4.78, 5) is 19.6. The number of carbonyl (C=O) groups is 1. The number of hydrogen-bond donors (Lipinski definition) is 0. The molecule has 0 unspecified atom stereocenters. The van der Waals surface area contributed by atoms with Crippen LogP contribution in [0.5, 0.6) is 11.5 Å². The number of benzene rings is 1. The van der Waals surface area contributed by atoms with Crippen molar-refractivity contribution in [2.45, 2.75) is 17.7 Å². The summed E-state index contributed by atoms with van der Waals surface area (Å²) in [5.41, 5.74) is 1.44. The van der Waals surface area contributed by atoms with Crippen molar-refractivity contribution in [3.05, 3.63) is 70.9 Å². The first-order valence-electron chi connectivity index (χ1n) is 10.4. The molecule has 2 aromatic heterocycles. The van der Waals surface area contributed by atoms with E-state index in [2.05, 4.69) is 4.98 Å². The van der Waals surface area contributed by atoms with Crippen molar-refractivity contribution in [1.82, 2.24) is 14.2 Å². The van der Waals surface area contributed by atoms with Crippen molar-refractivity contribution in [3.63, 3.8) is 0 Å². The summed E-state index contributed by atoms with van der Waals surface area (Å²) in [6.45, 7) is 3.40. The molecule has 174 valence electrons. The highest BCUT2D eigenvalue weighted by Crippen LogP contribution is 2.30. The van der Waals surface area contributed by atoms with Gasteiger partial charge in [0.2, 0.25) is 0 Å². The Balaban J connectivity index is 1.40. The number of nitrogens with zero attached hydrogens (tertiary/aromatic N) is 3. The maximum atomic E-state index is 13.0. The minimum Gasteiger partial charge on any atom is -0.493 e. The Morgan fingerprint density at radius 3 is 2.39 bits per heavy atom. The number of piperazine rings is 1. The van der Waals surface area contributed by atoms with Crippen molar-refractivity contribution < 1.29 is 22.7 Å². The van der Waals surface area contributed by atoms with Gasteiger partial charge < -0.3 is 14.4 Å². The van der Waals surface area contributed by atoms with E-state index in [-0.39, 0.29) is 19.0 Å². The van der Waals surface area contributed by atoms with Gasteiger partial charge in [-0.1, -0.05) is 0 Å². The summed E-state index contributed by atoms with van der Waals surface area (Å²) in [5.74, 6) is 0.829. The van der Waals surface area contributed by atoms with Crippen LogP contribution in [-0.4, -0.2) is 61.8 Å². The normalized spacial score (nSPS) is 14.8. The zero-order valence-corrected chi connectivity index (χ0v) is 20.1. The third kappa shape index (κ3) is 5.18. The molecule has 0 bridgehead atoms. The van der Waals surface area contributed by atoms with Crippen molar-refractivity contribution in [3.8, 4) is 11.5 Å². The Morgan fingerprint density at radius 1 is 1.03 bits per heavy atom. The molecular weight excluding hydrogens is 462 g/mol. The molecule has 3 aromatic rings. The minimum atomic E-state index is -3.53. The fraction of sp³-hybridized carbons (Fsp3) is 0.304. The number of sulfonamides is 1. The number of ether oxygens (including phenoxy) is 2. The van der Waals surface area contributed by atoms with Gasteiger partial charge in [-0.25, -0.2) is 8.42 Å². The molecule has 0 saturated carbocycles. The first kappa shape index (κ1) is 23.2. The molecule has 1 aliphatic heterocycles. The predicted octanol–water partition coefficient (Wildman–Crippen LogP) is 3.19. The van der Waals surface area contributed by atoms with Crippen LogP contribution < -0.4 is 9.47 Å². The van der Waals surface area contributed by atoms with Crippen LogP contribution in [0.3, 0.4) is 0 Å². The van der Waals surface area contributed by atoms with Gasteiger partial charge in [0.25, 0.3) is 15.9 Å². The number of methoxy groups -OCH3 is 1. The van der Waals surface area contributed by atoms with Gasteiger partial charge in [-0.05, 0) is 55.0 Å². The maximum absolute atomic E-state index is 13.0. The number of carbonyl (C=O) groups excluding carboxylic acids is 1. The Labute approximate surface area is 197 Å². The van der Waals surface area contributed by atoms with E-state index in [1.54, 1.807) is 47.6 Å². The molecule has 4 rings (SSSR count). The summed E-state index contributed by atoms with van der Waals surface area (Å²) in [5, 5.41) is 0. The smallest absolute Gasteiger partial charge is 0.254 e. The van der Waals surface area contributed by atoms with E-state index in [0.717, 1.165) is 10.4 Å². The average molecular weight is 488 g/mol. The van der Waals surface area contributed by atoms with Crippen molar-refractivity contribution in [1.29, 1.82) is 0 Å². The lowest BCUT2D eigenvalue weighted by Crippen LogP contribution is -2.50. The van der Waals surface area contributed by atoms with Crippen LogP contribution in [0.25, 0.3) is 0 Å². The van der Waals surface area contributed by atoms with Crippen LogP contribution in [0.15, 0.2) is 59.1 Å². The highest BCUT2D eigenvalue weighted by Gasteiger charge is 2.31. The second kappa shape index (κ2) is 9.90. The summed E-state index contributed by atoms with van der Waals surface area (Å²) in [6.07, 6.45) is 3.40. The lowest BCUT2D eigenvalue weighted by molar-refractivity contribution is 0.0697. The van der Waals surface area contributed by atoms with Gasteiger partial charge in [-0.15, -0.1) is 11.3 Å². The zero-order valence-electron chi connectivity index (χ0n) is 18.4. The predicted molar refractivity (Wildman–Crippen MR) is 125 cm³/mol. The Hall–Kier alpha value is -2.95. The zero-order chi connectivity index (χ0) is 23.4. The van der Waals surface area contributed by atoms with Crippen molar-refractivity contribution >= 4 is 27.3 Å². The van der Waals surface area contributed by atoms with Crippen LogP contribution in [0.2, 0.25) is 0 Å². The fourth-order valence-corrected chi connectivity index (χ4v) is 6.41. The largest absolute Gasteiger partial charge is 0.493 e. The quantitative estimate of drug-likeness (QED) is 0.509. The van der Waals surface area contributed by atoms with E-state index >= 15 is 0 Å². The van der Waals surface area contributed by atoms with Crippen LogP contribution >= 0.6 is 11.3 Å². The molecule has 1 fully saturated rings. The van der Waals surface area contributed by atoms with Crippen LogP contribution in [0.1, 0.15) is 20.8 Å². The molecule has 3 heterocycles. The van der Waals surface area contributed by atoms with E-state index in [0.29, 0.717) is 41.0 Å². The Bertz CT molecular complexity index is 1220. The van der Waals surface area contributed by atoms with Crippen LogP contribution in [0.4, 0.5) is 0 Å². The summed E-state index contributed by atoms with van der Waals surface area (Å²) in [7, 11) is -2.00. The standard InChI is InChI=1S/C23H25N3O5S2/c1-17-3-6-22(32-17)33(28,29)26-13-11-25(12-14-26)23(27)19-4-5-20(21(15-19)30-2)31-16-18-7-9-24-10-8-18/h3-10,15H,11-14,16H2,1-2H3. The van der Waals surface area contributed by atoms with E-state index in [4.69, 9.17) is 9.47 Å². The number of pyridine rings is 1. The summed E-state index contributed by atoms with van der Waals surface area (Å²) >= 11 is 1.26.